The summed E-state index contributed by atoms with van der Waals surface area (Å²) < 4.78 is 1.88. The second-order valence-corrected chi connectivity index (χ2v) is 8.91. The number of rotatable bonds is 5. The van der Waals surface area contributed by atoms with Crippen molar-refractivity contribution in [3.63, 3.8) is 0 Å². The van der Waals surface area contributed by atoms with Gasteiger partial charge in [0.2, 0.25) is 0 Å². The summed E-state index contributed by atoms with van der Waals surface area (Å²) in [5.41, 5.74) is 5.22. The van der Waals surface area contributed by atoms with Crippen molar-refractivity contribution in [2.45, 2.75) is 50.7 Å². The lowest BCUT2D eigenvalue weighted by Crippen LogP contribution is -2.40. The van der Waals surface area contributed by atoms with Crippen LogP contribution in [0.3, 0.4) is 0 Å². The molecule has 0 N–H and O–H groups in total. The topological polar surface area (TPSA) is 34.9 Å². The smallest absolute Gasteiger partial charge is 0.258 e. The van der Waals surface area contributed by atoms with Crippen LogP contribution < -0.4 is 5.56 Å². The van der Waals surface area contributed by atoms with Crippen molar-refractivity contribution in [3.05, 3.63) is 81.6 Å². The Hall–Kier alpha value is -2.33. The number of aromatic nitrogens is 2. The van der Waals surface area contributed by atoms with Crippen molar-refractivity contribution in [2.75, 3.05) is 5.75 Å². The van der Waals surface area contributed by atoms with Crippen molar-refractivity contribution in [1.82, 2.24) is 9.55 Å². The summed E-state index contributed by atoms with van der Waals surface area (Å²) in [5, 5.41) is 0.810. The van der Waals surface area contributed by atoms with Gasteiger partial charge < -0.3 is 0 Å². The summed E-state index contributed by atoms with van der Waals surface area (Å²) >= 11 is 1.64. The van der Waals surface area contributed by atoms with Crippen LogP contribution in [0.4, 0.5) is 0 Å². The third-order valence-corrected chi connectivity index (χ3v) is 6.69. The molecule has 1 atom stereocenters. The molecule has 3 aromatic rings. The van der Waals surface area contributed by atoms with E-state index < -0.39 is 0 Å². The molecule has 144 valence electrons. The molecule has 28 heavy (non-hydrogen) atoms. The maximum Gasteiger partial charge on any atom is 0.258 e. The highest BCUT2D eigenvalue weighted by atomic mass is 32.2. The molecule has 0 spiro atoms. The Kier molecular flexibility index (Phi) is 5.15. The molecule has 1 aliphatic carbocycles. The average molecular weight is 391 g/mol. The summed E-state index contributed by atoms with van der Waals surface area (Å²) in [4.78, 5) is 18.9. The molecule has 4 heteroatoms. The predicted molar refractivity (Wildman–Crippen MR) is 117 cm³/mol. The summed E-state index contributed by atoms with van der Waals surface area (Å²) in [6, 6.07) is 18.6. The molecular weight excluding hydrogens is 364 g/mol. The molecule has 0 saturated carbocycles. The van der Waals surface area contributed by atoms with Gasteiger partial charge in [-0.05, 0) is 29.7 Å². The Labute approximate surface area is 170 Å². The zero-order valence-electron chi connectivity index (χ0n) is 16.7. The number of thioether (sulfide) groups is 1. The SMILES string of the molecule is CCSc1nc2c(c(=O)n1Cc1ccccc1)[C@](C)(CC)Cc1ccccc1-2. The Morgan fingerprint density at radius 3 is 2.50 bits per heavy atom. The van der Waals surface area contributed by atoms with Gasteiger partial charge in [-0.1, -0.05) is 87.1 Å². The monoisotopic (exact) mass is 390 g/mol. The van der Waals surface area contributed by atoms with Gasteiger partial charge in [-0.25, -0.2) is 4.98 Å². The maximum absolute atomic E-state index is 13.8. The molecule has 1 aliphatic rings. The van der Waals surface area contributed by atoms with Gasteiger partial charge in [0.1, 0.15) is 0 Å². The van der Waals surface area contributed by atoms with Crippen LogP contribution in [-0.2, 0) is 18.4 Å². The van der Waals surface area contributed by atoms with Crippen LogP contribution in [0.15, 0.2) is 64.5 Å². The fourth-order valence-electron chi connectivity index (χ4n) is 4.13. The van der Waals surface area contributed by atoms with Crippen molar-refractivity contribution >= 4 is 11.8 Å². The Morgan fingerprint density at radius 2 is 1.79 bits per heavy atom. The highest BCUT2D eigenvalue weighted by Gasteiger charge is 2.38. The van der Waals surface area contributed by atoms with Gasteiger partial charge >= 0.3 is 0 Å². The molecular formula is C24H26N2OS. The van der Waals surface area contributed by atoms with Crippen molar-refractivity contribution in [1.29, 1.82) is 0 Å². The quantitative estimate of drug-likeness (QED) is 0.438. The van der Waals surface area contributed by atoms with E-state index >= 15 is 0 Å². The molecule has 3 nitrogen and oxygen atoms in total. The molecule has 0 fully saturated rings. The van der Waals surface area contributed by atoms with Crippen LogP contribution in [0, 0.1) is 0 Å². The van der Waals surface area contributed by atoms with Gasteiger partial charge in [-0.15, -0.1) is 0 Å². The molecule has 2 aromatic carbocycles. The number of hydrogen-bond acceptors (Lipinski definition) is 3. The number of nitrogens with zero attached hydrogens (tertiary/aromatic N) is 2. The van der Waals surface area contributed by atoms with E-state index in [0.717, 1.165) is 46.1 Å². The first-order valence-electron chi connectivity index (χ1n) is 9.97. The first-order chi connectivity index (χ1) is 13.6. The van der Waals surface area contributed by atoms with Gasteiger partial charge in [-0.3, -0.25) is 9.36 Å². The Balaban J connectivity index is 1.98. The molecule has 0 unspecified atom stereocenters. The van der Waals surface area contributed by atoms with E-state index in [-0.39, 0.29) is 11.0 Å². The molecule has 1 heterocycles. The van der Waals surface area contributed by atoms with Gasteiger partial charge in [0.15, 0.2) is 5.16 Å². The minimum absolute atomic E-state index is 0.114. The highest BCUT2D eigenvalue weighted by Crippen LogP contribution is 2.42. The van der Waals surface area contributed by atoms with Crippen molar-refractivity contribution in [3.8, 4) is 11.3 Å². The molecule has 4 rings (SSSR count). The lowest BCUT2D eigenvalue weighted by molar-refractivity contribution is 0.430. The number of hydrogen-bond donors (Lipinski definition) is 0. The van der Waals surface area contributed by atoms with Crippen LogP contribution >= 0.6 is 11.8 Å². The van der Waals surface area contributed by atoms with Crippen LogP contribution in [0.1, 0.15) is 43.9 Å². The lowest BCUT2D eigenvalue weighted by Gasteiger charge is -2.35. The predicted octanol–water partition coefficient (Wildman–Crippen LogP) is 5.29. The van der Waals surface area contributed by atoms with E-state index in [1.165, 1.54) is 5.56 Å². The largest absolute Gasteiger partial charge is 0.283 e. The third kappa shape index (κ3) is 3.20. The zero-order valence-corrected chi connectivity index (χ0v) is 17.6. The molecule has 0 aliphatic heterocycles. The average Bonchev–Trinajstić information content (AvgIpc) is 2.71. The normalized spacial score (nSPS) is 17.8. The molecule has 0 amide bonds. The molecule has 1 aromatic heterocycles. The van der Waals surface area contributed by atoms with E-state index in [9.17, 15) is 4.79 Å². The van der Waals surface area contributed by atoms with Crippen molar-refractivity contribution in [2.24, 2.45) is 0 Å². The van der Waals surface area contributed by atoms with E-state index in [4.69, 9.17) is 4.98 Å². The summed E-state index contributed by atoms with van der Waals surface area (Å²) in [6.45, 7) is 7.05. The van der Waals surface area contributed by atoms with Gasteiger partial charge in [0.25, 0.3) is 5.56 Å². The van der Waals surface area contributed by atoms with Crippen molar-refractivity contribution < 1.29 is 0 Å². The van der Waals surface area contributed by atoms with Crippen LogP contribution in [0.5, 0.6) is 0 Å². The zero-order chi connectivity index (χ0) is 19.7. The highest BCUT2D eigenvalue weighted by molar-refractivity contribution is 7.99. The van der Waals surface area contributed by atoms with E-state index in [1.807, 2.05) is 28.8 Å². The second-order valence-electron chi connectivity index (χ2n) is 7.68. The second kappa shape index (κ2) is 7.59. The number of benzene rings is 2. The van der Waals surface area contributed by atoms with Gasteiger partial charge in [0, 0.05) is 11.0 Å². The molecule has 0 radical (unpaired) electrons. The van der Waals surface area contributed by atoms with E-state index in [1.54, 1.807) is 11.8 Å². The summed E-state index contributed by atoms with van der Waals surface area (Å²) in [5.74, 6) is 0.882. The Bertz CT molecular complexity index is 1060. The van der Waals surface area contributed by atoms with E-state index in [0.29, 0.717) is 6.54 Å². The summed E-state index contributed by atoms with van der Waals surface area (Å²) in [6.07, 6.45) is 1.80. The lowest BCUT2D eigenvalue weighted by atomic mass is 9.69. The first kappa shape index (κ1) is 19.0. The molecule has 0 bridgehead atoms. The van der Waals surface area contributed by atoms with Crippen LogP contribution in [-0.4, -0.2) is 15.3 Å². The van der Waals surface area contributed by atoms with E-state index in [2.05, 4.69) is 51.1 Å². The van der Waals surface area contributed by atoms with Crippen LogP contribution in [0.25, 0.3) is 11.3 Å². The summed E-state index contributed by atoms with van der Waals surface area (Å²) in [7, 11) is 0. The Morgan fingerprint density at radius 1 is 1.07 bits per heavy atom. The van der Waals surface area contributed by atoms with Gasteiger partial charge in [0.05, 0.1) is 17.8 Å². The maximum atomic E-state index is 13.8. The standard InChI is InChI=1S/C24H26N2OS/c1-4-24(3)15-18-13-9-10-14-19(18)21-20(24)22(27)26(23(25-21)28-5-2)16-17-11-7-6-8-12-17/h6-14H,4-5,15-16H2,1-3H3/t24-/m1/s1. The number of fused-ring (bicyclic) bond motifs is 3. The first-order valence-corrected chi connectivity index (χ1v) is 11.0. The third-order valence-electron chi connectivity index (χ3n) is 5.83. The fraction of sp³-hybridized carbons (Fsp3) is 0.333. The molecule has 0 saturated heterocycles. The van der Waals surface area contributed by atoms with Crippen LogP contribution in [0.2, 0.25) is 0 Å². The minimum Gasteiger partial charge on any atom is -0.283 e. The minimum atomic E-state index is -0.193. The fourth-order valence-corrected chi connectivity index (χ4v) is 4.85. The van der Waals surface area contributed by atoms with Gasteiger partial charge in [-0.2, -0.15) is 0 Å².